The number of carbonyl (C=O) groups is 2. The molecule has 0 unspecified atom stereocenters. The lowest BCUT2D eigenvalue weighted by Crippen LogP contribution is -2.39. The summed E-state index contributed by atoms with van der Waals surface area (Å²) < 4.78 is 16.7. The van der Waals surface area contributed by atoms with Crippen molar-refractivity contribution in [2.45, 2.75) is 19.8 Å². The molecule has 0 aliphatic heterocycles. The van der Waals surface area contributed by atoms with Crippen molar-refractivity contribution in [2.24, 2.45) is 0 Å². The Labute approximate surface area is 219 Å². The van der Waals surface area contributed by atoms with Crippen molar-refractivity contribution < 1.29 is 23.8 Å². The third-order valence-corrected chi connectivity index (χ3v) is 5.54. The predicted molar refractivity (Wildman–Crippen MR) is 141 cm³/mol. The second kappa shape index (κ2) is 12.7. The first kappa shape index (κ1) is 25.9. The average molecular weight is 520 g/mol. The van der Waals surface area contributed by atoms with Gasteiger partial charge < -0.3 is 14.2 Å². The summed E-state index contributed by atoms with van der Waals surface area (Å²) in [7, 11) is 0. The number of carbonyl (C=O) groups excluding carboxylic acids is 2. The van der Waals surface area contributed by atoms with E-state index in [2.05, 4.69) is 9.97 Å². The fraction of sp³-hybridized carbons (Fsp3) is 0.214. The van der Waals surface area contributed by atoms with E-state index in [4.69, 9.17) is 25.8 Å². The number of esters is 1. The lowest BCUT2D eigenvalue weighted by molar-refractivity contribution is -0.143. The summed E-state index contributed by atoms with van der Waals surface area (Å²) in [4.78, 5) is 35.3. The highest BCUT2D eigenvalue weighted by Crippen LogP contribution is 2.24. The van der Waals surface area contributed by atoms with Crippen molar-refractivity contribution in [3.8, 4) is 17.4 Å². The van der Waals surface area contributed by atoms with Gasteiger partial charge in [-0.05, 0) is 61.0 Å². The number of fused-ring (bicyclic) bond motifs is 1. The van der Waals surface area contributed by atoms with Crippen LogP contribution in [-0.4, -0.2) is 41.6 Å². The molecule has 0 bridgehead atoms. The number of para-hydroxylation sites is 1. The average Bonchev–Trinajstić information content (AvgIpc) is 2.92. The molecule has 4 aromatic rings. The monoisotopic (exact) mass is 519 g/mol. The molecule has 0 fully saturated rings. The molecule has 3 aromatic carbocycles. The third kappa shape index (κ3) is 7.41. The summed E-state index contributed by atoms with van der Waals surface area (Å²) in [6.07, 6.45) is 3.21. The van der Waals surface area contributed by atoms with Crippen LogP contribution in [-0.2, 0) is 14.3 Å². The van der Waals surface area contributed by atoms with Crippen LogP contribution in [0.3, 0.4) is 0 Å². The molecule has 9 heteroatoms. The molecule has 190 valence electrons. The Morgan fingerprint density at radius 1 is 0.946 bits per heavy atom. The highest BCUT2D eigenvalue weighted by atomic mass is 35.5. The van der Waals surface area contributed by atoms with Gasteiger partial charge in [-0.15, -0.1) is 0 Å². The van der Waals surface area contributed by atoms with Gasteiger partial charge in [-0.1, -0.05) is 43.1 Å². The Morgan fingerprint density at radius 2 is 1.70 bits per heavy atom. The largest absolute Gasteiger partial charge is 0.484 e. The number of nitrogens with zero attached hydrogens (tertiary/aromatic N) is 3. The van der Waals surface area contributed by atoms with Gasteiger partial charge in [-0.3, -0.25) is 14.5 Å². The Balaban J connectivity index is 1.36. The highest BCUT2D eigenvalue weighted by Gasteiger charge is 2.20. The fourth-order valence-corrected chi connectivity index (χ4v) is 3.57. The second-order valence-electron chi connectivity index (χ2n) is 8.09. The van der Waals surface area contributed by atoms with Crippen LogP contribution in [0.15, 0.2) is 79.0 Å². The summed E-state index contributed by atoms with van der Waals surface area (Å²) in [5.41, 5.74) is 1.93. The summed E-state index contributed by atoms with van der Waals surface area (Å²) in [5, 5.41) is 0.586. The minimum Gasteiger partial charge on any atom is -0.484 e. The molecular formula is C28H26ClN3O5. The van der Waals surface area contributed by atoms with Crippen LogP contribution in [0.1, 0.15) is 19.8 Å². The van der Waals surface area contributed by atoms with Crippen molar-refractivity contribution in [2.75, 3.05) is 24.7 Å². The number of unbranched alkanes of at least 4 members (excludes halogenated alkanes) is 1. The van der Waals surface area contributed by atoms with Crippen molar-refractivity contribution in [1.29, 1.82) is 0 Å². The van der Waals surface area contributed by atoms with Crippen LogP contribution in [0.25, 0.3) is 11.0 Å². The maximum atomic E-state index is 13.0. The number of halogens is 1. The van der Waals surface area contributed by atoms with Crippen LogP contribution < -0.4 is 14.4 Å². The smallest absolute Gasteiger partial charge is 0.326 e. The van der Waals surface area contributed by atoms with Gasteiger partial charge in [0.15, 0.2) is 6.61 Å². The molecule has 37 heavy (non-hydrogen) atoms. The van der Waals surface area contributed by atoms with Crippen molar-refractivity contribution in [1.82, 2.24) is 9.97 Å². The molecule has 0 radical (unpaired) electrons. The van der Waals surface area contributed by atoms with E-state index in [9.17, 15) is 9.59 Å². The Hall–Kier alpha value is -4.17. The van der Waals surface area contributed by atoms with Gasteiger partial charge >= 0.3 is 5.97 Å². The van der Waals surface area contributed by atoms with Crippen molar-refractivity contribution >= 4 is 40.2 Å². The molecule has 1 amide bonds. The van der Waals surface area contributed by atoms with Gasteiger partial charge in [-0.2, -0.15) is 0 Å². The van der Waals surface area contributed by atoms with Crippen molar-refractivity contribution in [3.05, 3.63) is 84.0 Å². The van der Waals surface area contributed by atoms with Crippen LogP contribution in [0, 0.1) is 0 Å². The van der Waals surface area contributed by atoms with Crippen LogP contribution in [0.2, 0.25) is 5.02 Å². The predicted octanol–water partition coefficient (Wildman–Crippen LogP) is 5.83. The summed E-state index contributed by atoms with van der Waals surface area (Å²) >= 11 is 5.99. The van der Waals surface area contributed by atoms with Gasteiger partial charge in [0.2, 0.25) is 5.88 Å². The highest BCUT2D eigenvalue weighted by molar-refractivity contribution is 6.31. The molecule has 1 aromatic heterocycles. The van der Waals surface area contributed by atoms with E-state index in [-0.39, 0.29) is 19.1 Å². The van der Waals surface area contributed by atoms with E-state index < -0.39 is 5.97 Å². The molecule has 0 aliphatic rings. The van der Waals surface area contributed by atoms with Gasteiger partial charge in [0.25, 0.3) is 5.91 Å². The zero-order valence-corrected chi connectivity index (χ0v) is 21.1. The maximum Gasteiger partial charge on any atom is 0.326 e. The first-order chi connectivity index (χ1) is 18.0. The molecular weight excluding hydrogens is 494 g/mol. The van der Waals surface area contributed by atoms with Crippen LogP contribution in [0.5, 0.6) is 17.4 Å². The molecule has 0 aliphatic carbocycles. The van der Waals surface area contributed by atoms with E-state index in [1.165, 1.54) is 11.1 Å². The molecule has 8 nitrogen and oxygen atoms in total. The summed E-state index contributed by atoms with van der Waals surface area (Å²) in [6, 6.07) is 21.0. The van der Waals surface area contributed by atoms with E-state index in [0.29, 0.717) is 45.7 Å². The lowest BCUT2D eigenvalue weighted by Gasteiger charge is -2.22. The standard InChI is InChI=1S/C28H26ClN3O5/c1-2-3-15-35-28(34)18-32(21-7-5-4-6-8-21)27(33)19-36-22-10-12-23(13-11-22)37-26-17-30-25-16-20(29)9-14-24(25)31-26/h4-14,16-17H,2-3,15,18-19H2,1H3. The number of benzene rings is 3. The van der Waals surface area contributed by atoms with Gasteiger partial charge in [0.05, 0.1) is 23.8 Å². The summed E-state index contributed by atoms with van der Waals surface area (Å²) in [5.74, 6) is 0.501. The topological polar surface area (TPSA) is 90.9 Å². The number of amides is 1. The molecule has 0 atom stereocenters. The number of anilines is 1. The van der Waals surface area contributed by atoms with Crippen molar-refractivity contribution in [3.63, 3.8) is 0 Å². The molecule has 0 spiro atoms. The molecule has 0 saturated carbocycles. The van der Waals surface area contributed by atoms with E-state index in [1.54, 1.807) is 66.7 Å². The van der Waals surface area contributed by atoms with Gasteiger partial charge in [0, 0.05) is 10.7 Å². The van der Waals surface area contributed by atoms with Gasteiger partial charge in [0.1, 0.15) is 18.0 Å². The minimum atomic E-state index is -0.466. The SMILES string of the molecule is CCCCOC(=O)CN(C(=O)COc1ccc(Oc2cnc3cc(Cl)ccc3n2)cc1)c1ccccc1. The molecule has 4 rings (SSSR count). The van der Waals surface area contributed by atoms with Gasteiger partial charge in [-0.25, -0.2) is 9.97 Å². The zero-order valence-electron chi connectivity index (χ0n) is 20.3. The Kier molecular flexibility index (Phi) is 8.89. The van der Waals surface area contributed by atoms with E-state index in [0.717, 1.165) is 12.8 Å². The fourth-order valence-electron chi connectivity index (χ4n) is 3.40. The number of rotatable bonds is 11. The van der Waals surface area contributed by atoms with E-state index in [1.807, 2.05) is 13.0 Å². The number of ether oxygens (including phenoxy) is 3. The third-order valence-electron chi connectivity index (χ3n) is 5.31. The quantitative estimate of drug-likeness (QED) is 0.182. The minimum absolute atomic E-state index is 0.193. The first-order valence-corrected chi connectivity index (χ1v) is 12.2. The zero-order chi connectivity index (χ0) is 26.0. The Bertz CT molecular complexity index is 1350. The summed E-state index contributed by atoms with van der Waals surface area (Å²) in [6.45, 7) is 1.89. The normalized spacial score (nSPS) is 10.6. The van der Waals surface area contributed by atoms with Crippen LogP contribution in [0.4, 0.5) is 5.69 Å². The molecule has 0 N–H and O–H groups in total. The number of hydrogen-bond acceptors (Lipinski definition) is 7. The number of aromatic nitrogens is 2. The molecule has 1 heterocycles. The van der Waals surface area contributed by atoms with E-state index >= 15 is 0 Å². The maximum absolute atomic E-state index is 13.0. The lowest BCUT2D eigenvalue weighted by atomic mass is 10.3. The Morgan fingerprint density at radius 3 is 2.46 bits per heavy atom. The van der Waals surface area contributed by atoms with Crippen LogP contribution >= 0.6 is 11.6 Å². The first-order valence-electron chi connectivity index (χ1n) is 11.9. The molecule has 0 saturated heterocycles. The number of hydrogen-bond donors (Lipinski definition) is 0. The second-order valence-corrected chi connectivity index (χ2v) is 8.53.